The van der Waals surface area contributed by atoms with Crippen LogP contribution < -0.4 is 5.32 Å². The van der Waals surface area contributed by atoms with E-state index >= 15 is 0 Å². The van der Waals surface area contributed by atoms with Crippen LogP contribution in [0.1, 0.15) is 56.6 Å². The molecule has 1 aliphatic carbocycles. The first-order chi connectivity index (χ1) is 12.9. The molecule has 0 bridgehead atoms. The van der Waals surface area contributed by atoms with E-state index in [4.69, 9.17) is 4.98 Å². The molecule has 0 unspecified atom stereocenters. The molecule has 1 saturated carbocycles. The van der Waals surface area contributed by atoms with Gasteiger partial charge in [-0.15, -0.1) is 0 Å². The first kappa shape index (κ1) is 17.4. The summed E-state index contributed by atoms with van der Waals surface area (Å²) in [4.78, 5) is 16.1. The zero-order valence-corrected chi connectivity index (χ0v) is 15.5. The second kappa shape index (κ2) is 8.58. The first-order valence-electron chi connectivity index (χ1n) is 10.1. The van der Waals surface area contributed by atoms with E-state index in [1.165, 1.54) is 58.0 Å². The molecule has 26 heavy (non-hydrogen) atoms. The largest absolute Gasteiger partial charge is 0.309 e. The average Bonchev–Trinajstić information content (AvgIpc) is 2.70. The van der Waals surface area contributed by atoms with Crippen molar-refractivity contribution in [1.29, 1.82) is 0 Å². The molecule has 5 heteroatoms. The SMILES string of the molecule is c1ccc(Nc2nccc([C@H]3CCCN(CC4CCCCC4)C3)n2)nc1. The van der Waals surface area contributed by atoms with Gasteiger partial charge in [-0.05, 0) is 56.3 Å². The van der Waals surface area contributed by atoms with E-state index in [-0.39, 0.29) is 0 Å². The van der Waals surface area contributed by atoms with Crippen molar-refractivity contribution in [3.8, 4) is 0 Å². The molecule has 2 fully saturated rings. The van der Waals surface area contributed by atoms with Crippen LogP contribution in [0.5, 0.6) is 0 Å². The topological polar surface area (TPSA) is 53.9 Å². The van der Waals surface area contributed by atoms with Crippen molar-refractivity contribution in [3.05, 3.63) is 42.4 Å². The standard InChI is InChI=1S/C21H29N5/c1-2-7-17(8-3-1)15-26-14-6-9-18(16-26)19-11-13-23-21(24-19)25-20-10-4-5-12-22-20/h4-5,10-13,17-18H,1-3,6-9,14-16H2,(H,22,23,24,25)/t18-/m0/s1. The fourth-order valence-corrected chi connectivity index (χ4v) is 4.41. The van der Waals surface area contributed by atoms with E-state index in [9.17, 15) is 0 Å². The van der Waals surface area contributed by atoms with Gasteiger partial charge >= 0.3 is 0 Å². The molecule has 0 radical (unpaired) electrons. The summed E-state index contributed by atoms with van der Waals surface area (Å²) in [5.41, 5.74) is 1.16. The maximum absolute atomic E-state index is 4.78. The number of nitrogens with one attached hydrogen (secondary N) is 1. The highest BCUT2D eigenvalue weighted by molar-refractivity contribution is 5.46. The summed E-state index contributed by atoms with van der Waals surface area (Å²) in [5.74, 6) is 2.85. The normalized spacial score (nSPS) is 22.2. The van der Waals surface area contributed by atoms with Crippen LogP contribution in [-0.4, -0.2) is 39.5 Å². The van der Waals surface area contributed by atoms with Gasteiger partial charge in [-0.25, -0.2) is 15.0 Å². The molecular formula is C21H29N5. The molecule has 0 amide bonds. The highest BCUT2D eigenvalue weighted by atomic mass is 15.2. The maximum atomic E-state index is 4.78. The van der Waals surface area contributed by atoms with Crippen molar-refractivity contribution >= 4 is 11.8 Å². The lowest BCUT2D eigenvalue weighted by Crippen LogP contribution is -2.38. The third-order valence-electron chi connectivity index (χ3n) is 5.75. The van der Waals surface area contributed by atoms with Crippen LogP contribution in [0, 0.1) is 5.92 Å². The molecule has 2 aliphatic rings. The maximum Gasteiger partial charge on any atom is 0.228 e. The molecule has 5 nitrogen and oxygen atoms in total. The molecule has 1 aliphatic heterocycles. The molecule has 0 spiro atoms. The Morgan fingerprint density at radius 2 is 1.88 bits per heavy atom. The van der Waals surface area contributed by atoms with Gasteiger partial charge in [-0.2, -0.15) is 0 Å². The van der Waals surface area contributed by atoms with Gasteiger partial charge in [-0.3, -0.25) is 0 Å². The van der Waals surface area contributed by atoms with Crippen LogP contribution in [0.25, 0.3) is 0 Å². The number of likely N-dealkylation sites (tertiary alicyclic amines) is 1. The van der Waals surface area contributed by atoms with E-state index in [2.05, 4.69) is 26.3 Å². The Morgan fingerprint density at radius 3 is 2.73 bits per heavy atom. The highest BCUT2D eigenvalue weighted by Gasteiger charge is 2.25. The minimum atomic E-state index is 0.514. The Morgan fingerprint density at radius 1 is 0.962 bits per heavy atom. The van der Waals surface area contributed by atoms with Crippen molar-refractivity contribution in [2.75, 3.05) is 25.0 Å². The second-order valence-corrected chi connectivity index (χ2v) is 7.75. The zero-order chi connectivity index (χ0) is 17.6. The summed E-state index contributed by atoms with van der Waals surface area (Å²) in [7, 11) is 0. The number of pyridine rings is 1. The lowest BCUT2D eigenvalue weighted by molar-refractivity contribution is 0.159. The summed E-state index contributed by atoms with van der Waals surface area (Å²) >= 11 is 0. The quantitative estimate of drug-likeness (QED) is 0.866. The summed E-state index contributed by atoms with van der Waals surface area (Å²) < 4.78 is 0. The van der Waals surface area contributed by atoms with Gasteiger partial charge in [0.05, 0.1) is 5.69 Å². The fourth-order valence-electron chi connectivity index (χ4n) is 4.41. The van der Waals surface area contributed by atoms with E-state index in [0.717, 1.165) is 24.0 Å². The third kappa shape index (κ3) is 4.58. The number of hydrogen-bond acceptors (Lipinski definition) is 5. The Balaban J connectivity index is 1.39. The van der Waals surface area contributed by atoms with Crippen molar-refractivity contribution in [2.24, 2.45) is 5.92 Å². The number of rotatable bonds is 5. The Hall–Kier alpha value is -2.01. The molecule has 138 valence electrons. The minimum absolute atomic E-state index is 0.514. The molecule has 1 saturated heterocycles. The Bertz CT molecular complexity index is 684. The van der Waals surface area contributed by atoms with E-state index in [0.29, 0.717) is 11.9 Å². The number of aromatic nitrogens is 3. The summed E-state index contributed by atoms with van der Waals surface area (Å²) in [6, 6.07) is 7.88. The van der Waals surface area contributed by atoms with Gasteiger partial charge < -0.3 is 10.2 Å². The second-order valence-electron chi connectivity index (χ2n) is 7.75. The van der Waals surface area contributed by atoms with Crippen LogP contribution in [0.4, 0.5) is 11.8 Å². The zero-order valence-electron chi connectivity index (χ0n) is 15.5. The minimum Gasteiger partial charge on any atom is -0.309 e. The number of nitrogens with zero attached hydrogens (tertiary/aromatic N) is 4. The van der Waals surface area contributed by atoms with Crippen molar-refractivity contribution in [3.63, 3.8) is 0 Å². The number of anilines is 2. The molecule has 4 rings (SSSR count). The van der Waals surface area contributed by atoms with Crippen molar-refractivity contribution in [1.82, 2.24) is 19.9 Å². The predicted molar refractivity (Wildman–Crippen MR) is 105 cm³/mol. The van der Waals surface area contributed by atoms with Gasteiger partial charge in [0.2, 0.25) is 5.95 Å². The fraction of sp³-hybridized carbons (Fsp3) is 0.571. The summed E-state index contributed by atoms with van der Waals surface area (Å²) in [6.07, 6.45) is 13.3. The lowest BCUT2D eigenvalue weighted by atomic mass is 9.87. The van der Waals surface area contributed by atoms with Crippen molar-refractivity contribution in [2.45, 2.75) is 50.9 Å². The van der Waals surface area contributed by atoms with Gasteiger partial charge in [-0.1, -0.05) is 25.3 Å². The van der Waals surface area contributed by atoms with Gasteiger partial charge in [0, 0.05) is 31.4 Å². The molecule has 1 atom stereocenters. The smallest absolute Gasteiger partial charge is 0.228 e. The Labute approximate surface area is 156 Å². The Kier molecular flexibility index (Phi) is 5.75. The van der Waals surface area contributed by atoms with Crippen LogP contribution in [0.2, 0.25) is 0 Å². The molecular weight excluding hydrogens is 322 g/mol. The first-order valence-corrected chi connectivity index (χ1v) is 10.1. The van der Waals surface area contributed by atoms with E-state index in [1.807, 2.05) is 24.4 Å². The molecule has 3 heterocycles. The van der Waals surface area contributed by atoms with Crippen LogP contribution in [0.15, 0.2) is 36.7 Å². The van der Waals surface area contributed by atoms with Crippen LogP contribution in [0.3, 0.4) is 0 Å². The number of piperidine rings is 1. The van der Waals surface area contributed by atoms with E-state index < -0.39 is 0 Å². The van der Waals surface area contributed by atoms with E-state index in [1.54, 1.807) is 6.20 Å². The molecule has 2 aromatic rings. The monoisotopic (exact) mass is 351 g/mol. The third-order valence-corrected chi connectivity index (χ3v) is 5.75. The summed E-state index contributed by atoms with van der Waals surface area (Å²) in [5, 5.41) is 3.21. The summed E-state index contributed by atoms with van der Waals surface area (Å²) in [6.45, 7) is 3.66. The molecule has 0 aromatic carbocycles. The van der Waals surface area contributed by atoms with Gasteiger partial charge in [0.1, 0.15) is 5.82 Å². The van der Waals surface area contributed by atoms with Gasteiger partial charge in [0.15, 0.2) is 0 Å². The molecule has 1 N–H and O–H groups in total. The van der Waals surface area contributed by atoms with Gasteiger partial charge in [0.25, 0.3) is 0 Å². The van der Waals surface area contributed by atoms with Crippen LogP contribution >= 0.6 is 0 Å². The highest BCUT2D eigenvalue weighted by Crippen LogP contribution is 2.29. The lowest BCUT2D eigenvalue weighted by Gasteiger charge is -2.35. The van der Waals surface area contributed by atoms with Crippen LogP contribution in [-0.2, 0) is 0 Å². The van der Waals surface area contributed by atoms with Crippen molar-refractivity contribution < 1.29 is 0 Å². The molecule has 2 aromatic heterocycles. The average molecular weight is 351 g/mol. The predicted octanol–water partition coefficient (Wildman–Crippen LogP) is 4.37. The number of hydrogen-bond donors (Lipinski definition) is 1.